The van der Waals surface area contributed by atoms with Crippen molar-refractivity contribution in [1.29, 1.82) is 0 Å². The first-order chi connectivity index (χ1) is 10.4. The molecule has 1 aliphatic carbocycles. The van der Waals surface area contributed by atoms with E-state index in [0.29, 0.717) is 29.2 Å². The van der Waals surface area contributed by atoms with Gasteiger partial charge in [-0.25, -0.2) is 8.42 Å². The van der Waals surface area contributed by atoms with Crippen molar-refractivity contribution in [3.8, 4) is 11.4 Å². The molecule has 6 nitrogen and oxygen atoms in total. The van der Waals surface area contributed by atoms with Gasteiger partial charge in [0.15, 0.2) is 0 Å². The summed E-state index contributed by atoms with van der Waals surface area (Å²) in [5, 5.41) is 4.04. The Balaban J connectivity index is 1.78. The molecule has 2 aromatic rings. The van der Waals surface area contributed by atoms with Crippen molar-refractivity contribution in [3.63, 3.8) is 0 Å². The number of hydrogen-bond acceptors (Lipinski definition) is 5. The van der Waals surface area contributed by atoms with Gasteiger partial charge in [0.1, 0.15) is 0 Å². The van der Waals surface area contributed by atoms with Crippen LogP contribution in [0.2, 0.25) is 0 Å². The van der Waals surface area contributed by atoms with Crippen molar-refractivity contribution in [1.82, 2.24) is 10.1 Å². The number of nitrogens with one attached hydrogen (secondary N) is 1. The van der Waals surface area contributed by atoms with Crippen LogP contribution in [0.3, 0.4) is 0 Å². The summed E-state index contributed by atoms with van der Waals surface area (Å²) in [7, 11) is -3.27. The Bertz CT molecular complexity index is 753. The van der Waals surface area contributed by atoms with E-state index in [9.17, 15) is 8.42 Å². The van der Waals surface area contributed by atoms with E-state index >= 15 is 0 Å². The molecule has 1 aliphatic rings. The van der Waals surface area contributed by atoms with Gasteiger partial charge in [0, 0.05) is 17.2 Å². The molecule has 0 amide bonds. The van der Waals surface area contributed by atoms with Gasteiger partial charge >= 0.3 is 0 Å². The van der Waals surface area contributed by atoms with Gasteiger partial charge in [0.05, 0.1) is 6.26 Å². The van der Waals surface area contributed by atoms with Crippen LogP contribution >= 0.6 is 0 Å². The highest BCUT2D eigenvalue weighted by Gasteiger charge is 2.29. The number of aromatic nitrogens is 2. The van der Waals surface area contributed by atoms with Crippen molar-refractivity contribution < 1.29 is 12.9 Å². The maximum Gasteiger partial charge on any atom is 0.230 e. The van der Waals surface area contributed by atoms with Crippen LogP contribution in [0, 0.1) is 5.92 Å². The predicted molar refractivity (Wildman–Crippen MR) is 84.0 cm³/mol. The summed E-state index contributed by atoms with van der Waals surface area (Å²) in [5.41, 5.74) is 1.32. The van der Waals surface area contributed by atoms with Gasteiger partial charge in [-0.15, -0.1) is 0 Å². The maximum atomic E-state index is 11.2. The fraction of sp³-hybridized carbons (Fsp3) is 0.467. The SMILES string of the molecule is C[C@H]1CCC[C@@H]1c1nc(-c2ccc(NS(C)(=O)=O)cc2)no1. The van der Waals surface area contributed by atoms with E-state index in [1.807, 2.05) is 0 Å². The van der Waals surface area contributed by atoms with Crippen LogP contribution in [-0.2, 0) is 10.0 Å². The molecule has 0 aliphatic heterocycles. The lowest BCUT2D eigenvalue weighted by molar-refractivity contribution is 0.331. The van der Waals surface area contributed by atoms with Crippen LogP contribution in [0.5, 0.6) is 0 Å². The molecule has 1 saturated carbocycles. The normalized spacial score (nSPS) is 21.9. The third-order valence-electron chi connectivity index (χ3n) is 4.07. The maximum absolute atomic E-state index is 11.2. The van der Waals surface area contributed by atoms with Crippen molar-refractivity contribution >= 4 is 15.7 Å². The Hall–Kier alpha value is -1.89. The number of benzene rings is 1. The first-order valence-corrected chi connectivity index (χ1v) is 9.23. The van der Waals surface area contributed by atoms with Crippen LogP contribution in [0.15, 0.2) is 28.8 Å². The Morgan fingerprint density at radius 3 is 2.55 bits per heavy atom. The molecule has 22 heavy (non-hydrogen) atoms. The van der Waals surface area contributed by atoms with Crippen LogP contribution < -0.4 is 4.72 Å². The fourth-order valence-electron chi connectivity index (χ4n) is 2.92. The summed E-state index contributed by atoms with van der Waals surface area (Å²) < 4.78 is 30.2. The summed E-state index contributed by atoms with van der Waals surface area (Å²) in [6, 6.07) is 6.93. The Kier molecular flexibility index (Phi) is 3.90. The molecule has 1 aromatic carbocycles. The highest BCUT2D eigenvalue weighted by molar-refractivity contribution is 7.92. The molecule has 1 fully saturated rings. The highest BCUT2D eigenvalue weighted by atomic mass is 32.2. The quantitative estimate of drug-likeness (QED) is 0.935. The second kappa shape index (κ2) is 5.72. The number of rotatable bonds is 4. The van der Waals surface area contributed by atoms with Gasteiger partial charge in [0.2, 0.25) is 21.7 Å². The predicted octanol–water partition coefficient (Wildman–Crippen LogP) is 3.01. The van der Waals surface area contributed by atoms with Crippen molar-refractivity contribution in [2.75, 3.05) is 11.0 Å². The summed E-state index contributed by atoms with van der Waals surface area (Å²) in [4.78, 5) is 4.50. The summed E-state index contributed by atoms with van der Waals surface area (Å²) in [5.74, 6) is 2.18. The zero-order valence-electron chi connectivity index (χ0n) is 12.6. The second-order valence-corrected chi connectivity index (χ2v) is 7.67. The molecule has 0 spiro atoms. The molecule has 0 bridgehead atoms. The number of hydrogen-bond donors (Lipinski definition) is 1. The molecule has 3 rings (SSSR count). The first-order valence-electron chi connectivity index (χ1n) is 7.34. The summed E-state index contributed by atoms with van der Waals surface area (Å²) in [6.45, 7) is 2.22. The van der Waals surface area contributed by atoms with Gasteiger partial charge in [-0.1, -0.05) is 18.5 Å². The lowest BCUT2D eigenvalue weighted by Crippen LogP contribution is -2.09. The van der Waals surface area contributed by atoms with Crippen LogP contribution in [0.1, 0.15) is 38.0 Å². The lowest BCUT2D eigenvalue weighted by Gasteiger charge is -2.08. The molecule has 1 heterocycles. The Morgan fingerprint density at radius 2 is 1.95 bits per heavy atom. The smallest absolute Gasteiger partial charge is 0.230 e. The average Bonchev–Trinajstić information content (AvgIpc) is 3.06. The topological polar surface area (TPSA) is 85.1 Å². The Labute approximate surface area is 130 Å². The molecular weight excluding hydrogens is 302 g/mol. The molecule has 0 unspecified atom stereocenters. The second-order valence-electron chi connectivity index (χ2n) is 5.92. The fourth-order valence-corrected chi connectivity index (χ4v) is 3.48. The van der Waals surface area contributed by atoms with Gasteiger partial charge in [-0.3, -0.25) is 4.72 Å². The molecule has 7 heteroatoms. The molecular formula is C15H19N3O3S. The molecule has 0 saturated heterocycles. The van der Waals surface area contributed by atoms with E-state index in [1.54, 1.807) is 24.3 Å². The largest absolute Gasteiger partial charge is 0.339 e. The third kappa shape index (κ3) is 3.30. The zero-order valence-corrected chi connectivity index (χ0v) is 13.4. The minimum Gasteiger partial charge on any atom is -0.339 e. The van der Waals surface area contributed by atoms with Gasteiger partial charge in [-0.2, -0.15) is 4.98 Å². The number of anilines is 1. The summed E-state index contributed by atoms with van der Waals surface area (Å²) >= 11 is 0. The third-order valence-corrected chi connectivity index (χ3v) is 4.67. The van der Waals surface area contributed by atoms with Crippen molar-refractivity contribution in [2.45, 2.75) is 32.1 Å². The van der Waals surface area contributed by atoms with Crippen molar-refractivity contribution in [2.24, 2.45) is 5.92 Å². The number of sulfonamides is 1. The average molecular weight is 321 g/mol. The monoisotopic (exact) mass is 321 g/mol. The van der Waals surface area contributed by atoms with E-state index in [4.69, 9.17) is 4.52 Å². The van der Waals surface area contributed by atoms with Crippen LogP contribution in [0.4, 0.5) is 5.69 Å². The van der Waals surface area contributed by atoms with Crippen LogP contribution in [0.25, 0.3) is 11.4 Å². The van der Waals surface area contributed by atoms with Gasteiger partial charge in [-0.05, 0) is 43.0 Å². The van der Waals surface area contributed by atoms with Crippen molar-refractivity contribution in [3.05, 3.63) is 30.2 Å². The Morgan fingerprint density at radius 1 is 1.23 bits per heavy atom. The van der Waals surface area contributed by atoms with E-state index in [-0.39, 0.29) is 0 Å². The van der Waals surface area contributed by atoms with E-state index in [2.05, 4.69) is 21.8 Å². The molecule has 1 N–H and O–H groups in total. The number of nitrogens with zero attached hydrogens (tertiary/aromatic N) is 2. The summed E-state index contributed by atoms with van der Waals surface area (Å²) in [6.07, 6.45) is 4.62. The molecule has 1 aromatic heterocycles. The zero-order chi connectivity index (χ0) is 15.7. The minimum atomic E-state index is -3.27. The molecule has 2 atom stereocenters. The van der Waals surface area contributed by atoms with Gasteiger partial charge < -0.3 is 4.52 Å². The molecule has 0 radical (unpaired) electrons. The lowest BCUT2D eigenvalue weighted by atomic mass is 9.98. The minimum absolute atomic E-state index is 0.354. The van der Waals surface area contributed by atoms with E-state index < -0.39 is 10.0 Å². The van der Waals surface area contributed by atoms with Crippen LogP contribution in [-0.4, -0.2) is 24.8 Å². The highest BCUT2D eigenvalue weighted by Crippen LogP contribution is 2.38. The molecule has 118 valence electrons. The van der Waals surface area contributed by atoms with E-state index in [0.717, 1.165) is 18.2 Å². The first kappa shape index (κ1) is 15.0. The standard InChI is InChI=1S/C15H19N3O3S/c1-10-4-3-5-13(10)15-16-14(17-21-15)11-6-8-12(9-7-11)18-22(2,19)20/h6-10,13,18H,3-5H2,1-2H3/t10-,13-/m0/s1. The van der Waals surface area contributed by atoms with Gasteiger partial charge in [0.25, 0.3) is 0 Å². The van der Waals surface area contributed by atoms with E-state index in [1.165, 1.54) is 12.8 Å².